The SMILES string of the molecule is CNc1nc(-c2ccc3c(N)n[nH]c3c2)cc(N2C[C@H](NC(=O)O)CC[C@@H]2C)n1. The van der Waals surface area contributed by atoms with Gasteiger partial charge in [0.1, 0.15) is 5.82 Å². The van der Waals surface area contributed by atoms with Gasteiger partial charge in [-0.15, -0.1) is 0 Å². The molecule has 2 aromatic heterocycles. The van der Waals surface area contributed by atoms with E-state index in [0.717, 1.165) is 40.8 Å². The molecule has 1 aliphatic rings. The van der Waals surface area contributed by atoms with Crippen molar-refractivity contribution in [1.82, 2.24) is 25.5 Å². The van der Waals surface area contributed by atoms with Crippen LogP contribution in [0, 0.1) is 0 Å². The van der Waals surface area contributed by atoms with Crippen LogP contribution in [0.5, 0.6) is 0 Å². The number of aromatic amines is 1. The van der Waals surface area contributed by atoms with Crippen molar-refractivity contribution >= 4 is 34.6 Å². The lowest BCUT2D eigenvalue weighted by Crippen LogP contribution is -2.51. The average Bonchev–Trinajstić information content (AvgIpc) is 3.09. The summed E-state index contributed by atoms with van der Waals surface area (Å²) >= 11 is 0. The lowest BCUT2D eigenvalue weighted by Gasteiger charge is -2.38. The molecule has 10 heteroatoms. The van der Waals surface area contributed by atoms with Crippen molar-refractivity contribution in [2.45, 2.75) is 31.8 Å². The average molecular weight is 396 g/mol. The van der Waals surface area contributed by atoms with Gasteiger partial charge in [-0.1, -0.05) is 6.07 Å². The molecule has 0 radical (unpaired) electrons. The second kappa shape index (κ2) is 7.46. The van der Waals surface area contributed by atoms with E-state index in [1.807, 2.05) is 24.3 Å². The number of hydrogen-bond acceptors (Lipinski definition) is 7. The van der Waals surface area contributed by atoms with E-state index < -0.39 is 6.09 Å². The van der Waals surface area contributed by atoms with Crippen LogP contribution in [-0.4, -0.2) is 57.0 Å². The summed E-state index contributed by atoms with van der Waals surface area (Å²) in [6.45, 7) is 2.68. The largest absolute Gasteiger partial charge is 0.465 e. The summed E-state index contributed by atoms with van der Waals surface area (Å²) in [6, 6.07) is 7.86. The molecular weight excluding hydrogens is 372 g/mol. The first-order chi connectivity index (χ1) is 13.9. The van der Waals surface area contributed by atoms with Crippen molar-refractivity contribution in [1.29, 1.82) is 0 Å². The Balaban J connectivity index is 1.71. The highest BCUT2D eigenvalue weighted by Gasteiger charge is 2.28. The van der Waals surface area contributed by atoms with Crippen LogP contribution in [0.4, 0.5) is 22.4 Å². The number of nitrogen functional groups attached to an aromatic ring is 1. The predicted octanol–water partition coefficient (Wildman–Crippen LogP) is 2.27. The molecule has 10 nitrogen and oxygen atoms in total. The van der Waals surface area contributed by atoms with Crippen molar-refractivity contribution in [3.8, 4) is 11.3 Å². The first-order valence-corrected chi connectivity index (χ1v) is 9.51. The Bertz CT molecular complexity index is 1050. The highest BCUT2D eigenvalue weighted by atomic mass is 16.4. The van der Waals surface area contributed by atoms with Crippen LogP contribution in [0.1, 0.15) is 19.8 Å². The van der Waals surface area contributed by atoms with Gasteiger partial charge in [-0.05, 0) is 31.9 Å². The van der Waals surface area contributed by atoms with Gasteiger partial charge in [0.05, 0.1) is 11.2 Å². The molecule has 1 amide bonds. The third-order valence-corrected chi connectivity index (χ3v) is 5.33. The van der Waals surface area contributed by atoms with Crippen LogP contribution in [0.3, 0.4) is 0 Å². The Morgan fingerprint density at radius 3 is 2.90 bits per heavy atom. The zero-order chi connectivity index (χ0) is 20.5. The number of anilines is 3. The van der Waals surface area contributed by atoms with E-state index in [4.69, 9.17) is 10.8 Å². The van der Waals surface area contributed by atoms with Gasteiger partial charge in [-0.3, -0.25) is 5.10 Å². The number of nitrogens with zero attached hydrogens (tertiary/aromatic N) is 4. The summed E-state index contributed by atoms with van der Waals surface area (Å²) in [7, 11) is 1.77. The molecule has 0 spiro atoms. The summed E-state index contributed by atoms with van der Waals surface area (Å²) in [5.74, 6) is 1.72. The number of carbonyl (C=O) groups is 1. The topological polar surface area (TPSA) is 145 Å². The maximum atomic E-state index is 11.1. The van der Waals surface area contributed by atoms with Crippen LogP contribution < -0.4 is 21.3 Å². The summed E-state index contributed by atoms with van der Waals surface area (Å²) in [5, 5.41) is 22.5. The summed E-state index contributed by atoms with van der Waals surface area (Å²) in [5.41, 5.74) is 8.37. The third-order valence-electron chi connectivity index (χ3n) is 5.33. The number of hydrogen-bond donors (Lipinski definition) is 5. The molecule has 152 valence electrons. The van der Waals surface area contributed by atoms with Gasteiger partial charge in [0, 0.05) is 42.7 Å². The molecule has 0 bridgehead atoms. The molecule has 2 atom stereocenters. The molecule has 4 rings (SSSR count). The van der Waals surface area contributed by atoms with E-state index in [1.54, 1.807) is 7.05 Å². The molecular formula is C19H24N8O2. The number of fused-ring (bicyclic) bond motifs is 1. The minimum Gasteiger partial charge on any atom is -0.465 e. The molecule has 0 saturated carbocycles. The normalized spacial score (nSPS) is 19.3. The smallest absolute Gasteiger partial charge is 0.404 e. The minimum absolute atomic E-state index is 0.135. The highest BCUT2D eigenvalue weighted by Crippen LogP contribution is 2.30. The lowest BCUT2D eigenvalue weighted by molar-refractivity contribution is 0.187. The maximum Gasteiger partial charge on any atom is 0.404 e. The predicted molar refractivity (Wildman–Crippen MR) is 112 cm³/mol. The Morgan fingerprint density at radius 2 is 2.14 bits per heavy atom. The summed E-state index contributed by atoms with van der Waals surface area (Å²) in [6.07, 6.45) is 0.674. The fraction of sp³-hybridized carbons (Fsp3) is 0.368. The van der Waals surface area contributed by atoms with Gasteiger partial charge in [-0.2, -0.15) is 10.1 Å². The third kappa shape index (κ3) is 3.73. The first-order valence-electron chi connectivity index (χ1n) is 9.51. The number of amides is 1. The van der Waals surface area contributed by atoms with Crippen LogP contribution in [0.2, 0.25) is 0 Å². The monoisotopic (exact) mass is 396 g/mol. The number of carboxylic acid groups (broad SMARTS) is 1. The number of nitrogens with one attached hydrogen (secondary N) is 3. The minimum atomic E-state index is -1.00. The molecule has 3 aromatic rings. The van der Waals surface area contributed by atoms with Gasteiger partial charge < -0.3 is 26.4 Å². The van der Waals surface area contributed by atoms with Crippen LogP contribution in [0.15, 0.2) is 24.3 Å². The van der Waals surface area contributed by atoms with Crippen LogP contribution in [-0.2, 0) is 0 Å². The zero-order valence-electron chi connectivity index (χ0n) is 16.3. The van der Waals surface area contributed by atoms with E-state index in [-0.39, 0.29) is 12.1 Å². The van der Waals surface area contributed by atoms with Crippen molar-refractivity contribution < 1.29 is 9.90 Å². The van der Waals surface area contributed by atoms with Gasteiger partial charge in [-0.25, -0.2) is 9.78 Å². The summed E-state index contributed by atoms with van der Waals surface area (Å²) in [4.78, 5) is 22.4. The zero-order valence-corrected chi connectivity index (χ0v) is 16.3. The molecule has 1 fully saturated rings. The van der Waals surface area contributed by atoms with Crippen LogP contribution in [0.25, 0.3) is 22.2 Å². The van der Waals surface area contributed by atoms with Gasteiger partial charge >= 0.3 is 6.09 Å². The second-order valence-electron chi connectivity index (χ2n) is 7.28. The fourth-order valence-corrected chi connectivity index (χ4v) is 3.76. The van der Waals surface area contributed by atoms with Gasteiger partial charge in [0.2, 0.25) is 5.95 Å². The first kappa shape index (κ1) is 18.8. The standard InChI is InChI=1S/C19H24N8O2/c1-10-3-5-12(22-19(28)29)9-27(10)16-8-14(23-18(21-2)24-16)11-4-6-13-15(7-11)25-26-17(13)20/h4,6-8,10,12,22H,3,5,9H2,1-2H3,(H,28,29)(H3,20,25,26)(H,21,23,24)/t10-,12+/m0/s1. The number of aromatic nitrogens is 4. The molecule has 0 aliphatic carbocycles. The molecule has 3 heterocycles. The van der Waals surface area contributed by atoms with E-state index in [2.05, 4.69) is 42.6 Å². The maximum absolute atomic E-state index is 11.1. The van der Waals surface area contributed by atoms with Crippen molar-refractivity contribution in [3.05, 3.63) is 24.3 Å². The van der Waals surface area contributed by atoms with E-state index in [1.165, 1.54) is 0 Å². The summed E-state index contributed by atoms with van der Waals surface area (Å²) < 4.78 is 0. The van der Waals surface area contributed by atoms with Crippen molar-refractivity contribution in [2.75, 3.05) is 29.5 Å². The molecule has 0 unspecified atom stereocenters. The molecule has 1 saturated heterocycles. The Labute approximate surface area is 167 Å². The number of H-pyrrole nitrogens is 1. The molecule has 1 aromatic carbocycles. The van der Waals surface area contributed by atoms with Gasteiger partial charge in [0.25, 0.3) is 0 Å². The van der Waals surface area contributed by atoms with Crippen LogP contribution >= 0.6 is 0 Å². The Kier molecular flexibility index (Phi) is 4.83. The molecule has 6 N–H and O–H groups in total. The van der Waals surface area contributed by atoms with E-state index >= 15 is 0 Å². The van der Waals surface area contributed by atoms with Crippen molar-refractivity contribution in [2.24, 2.45) is 0 Å². The Morgan fingerprint density at radius 1 is 1.31 bits per heavy atom. The van der Waals surface area contributed by atoms with E-state index in [0.29, 0.717) is 18.3 Å². The number of rotatable bonds is 4. The quantitative estimate of drug-likeness (QED) is 0.451. The molecule has 29 heavy (non-hydrogen) atoms. The van der Waals surface area contributed by atoms with Gasteiger partial charge in [0.15, 0.2) is 5.82 Å². The van der Waals surface area contributed by atoms with Crippen molar-refractivity contribution in [3.63, 3.8) is 0 Å². The number of nitrogens with two attached hydrogens (primary N) is 1. The molecule has 1 aliphatic heterocycles. The highest BCUT2D eigenvalue weighted by molar-refractivity contribution is 5.91. The second-order valence-corrected chi connectivity index (χ2v) is 7.28. The van der Waals surface area contributed by atoms with E-state index in [9.17, 15) is 4.79 Å². The number of piperidine rings is 1. The fourth-order valence-electron chi connectivity index (χ4n) is 3.76. The Hall–Kier alpha value is -3.56. The number of benzene rings is 1. The lowest BCUT2D eigenvalue weighted by atomic mass is 9.99.